The van der Waals surface area contributed by atoms with Gasteiger partial charge in [-0.15, -0.1) is 0 Å². The summed E-state index contributed by atoms with van der Waals surface area (Å²) < 4.78 is 21.2. The summed E-state index contributed by atoms with van der Waals surface area (Å²) in [5.74, 6) is -0.499. The number of allylic oxidation sites excluding steroid dienone is 1. The second kappa shape index (κ2) is 7.87. The minimum atomic E-state index is -0.606. The van der Waals surface area contributed by atoms with Crippen LogP contribution in [0, 0.1) is 0 Å². The van der Waals surface area contributed by atoms with Crippen molar-refractivity contribution in [1.82, 2.24) is 9.78 Å². The zero-order chi connectivity index (χ0) is 18.0. The van der Waals surface area contributed by atoms with Crippen molar-refractivity contribution in [3.63, 3.8) is 0 Å². The monoisotopic (exact) mass is 384 g/mol. The van der Waals surface area contributed by atoms with E-state index in [1.807, 2.05) is 6.07 Å². The Morgan fingerprint density at radius 1 is 1.36 bits per heavy atom. The molecular formula is C18H19Cl2FN2O2. The summed E-state index contributed by atoms with van der Waals surface area (Å²) in [7, 11) is 1.59. The van der Waals surface area contributed by atoms with E-state index in [1.165, 1.54) is 0 Å². The van der Waals surface area contributed by atoms with E-state index in [1.54, 1.807) is 23.9 Å². The van der Waals surface area contributed by atoms with Gasteiger partial charge in [-0.25, -0.2) is 9.07 Å². The number of rotatable bonds is 5. The van der Waals surface area contributed by atoms with E-state index >= 15 is 0 Å². The molecule has 0 unspecified atom stereocenters. The molecule has 0 atom stereocenters. The molecule has 1 aromatic carbocycles. The van der Waals surface area contributed by atoms with Crippen LogP contribution in [0.15, 0.2) is 24.0 Å². The standard InChI is InChI=1S/C18H19Cl2FN2O2/c1-25-10-23-17-4-2-3-13(15(21)9-24)18(17)16(22-23)7-11-5-6-12(19)8-14(11)20/h5-6,8,24H,2-4,7,9-10H2,1H3/b15-13-. The third-order valence-corrected chi connectivity index (χ3v) is 4.95. The Morgan fingerprint density at radius 2 is 2.16 bits per heavy atom. The molecule has 0 radical (unpaired) electrons. The first-order valence-corrected chi connectivity index (χ1v) is 8.81. The van der Waals surface area contributed by atoms with Gasteiger partial charge in [-0.2, -0.15) is 5.10 Å². The van der Waals surface area contributed by atoms with Crippen LogP contribution in [0.2, 0.25) is 10.0 Å². The van der Waals surface area contributed by atoms with Crippen molar-refractivity contribution in [2.24, 2.45) is 0 Å². The lowest BCUT2D eigenvalue weighted by molar-refractivity contribution is 0.117. The SMILES string of the molecule is COCn1nc(Cc2ccc(Cl)cc2Cl)c2c1CCC/C2=C(/F)CO. The van der Waals surface area contributed by atoms with Crippen LogP contribution in [0.3, 0.4) is 0 Å². The highest BCUT2D eigenvalue weighted by Crippen LogP contribution is 2.37. The predicted molar refractivity (Wildman–Crippen MR) is 96.6 cm³/mol. The number of fused-ring (bicyclic) bond motifs is 1. The van der Waals surface area contributed by atoms with E-state index in [-0.39, 0.29) is 0 Å². The molecule has 0 saturated heterocycles. The Hall–Kier alpha value is -1.40. The highest BCUT2D eigenvalue weighted by atomic mass is 35.5. The molecule has 1 heterocycles. The Balaban J connectivity index is 2.10. The number of hydrogen-bond acceptors (Lipinski definition) is 3. The van der Waals surface area contributed by atoms with E-state index in [0.717, 1.165) is 35.4 Å². The van der Waals surface area contributed by atoms with Gasteiger partial charge in [0.2, 0.25) is 0 Å². The third-order valence-electron chi connectivity index (χ3n) is 4.36. The van der Waals surface area contributed by atoms with E-state index in [2.05, 4.69) is 5.10 Å². The summed E-state index contributed by atoms with van der Waals surface area (Å²) >= 11 is 12.2. The molecule has 0 spiro atoms. The number of aliphatic hydroxyl groups is 1. The third kappa shape index (κ3) is 3.75. The Labute approximate surface area is 155 Å². The molecule has 7 heteroatoms. The molecule has 134 valence electrons. The number of halogens is 3. The quantitative estimate of drug-likeness (QED) is 0.830. The van der Waals surface area contributed by atoms with Crippen LogP contribution < -0.4 is 0 Å². The zero-order valence-electron chi connectivity index (χ0n) is 13.9. The fourth-order valence-electron chi connectivity index (χ4n) is 3.28. The van der Waals surface area contributed by atoms with Gasteiger partial charge in [-0.3, -0.25) is 0 Å². The molecule has 1 N–H and O–H groups in total. The maximum absolute atomic E-state index is 14.3. The second-order valence-electron chi connectivity index (χ2n) is 5.99. The largest absolute Gasteiger partial charge is 0.389 e. The van der Waals surface area contributed by atoms with Crippen molar-refractivity contribution < 1.29 is 14.2 Å². The molecule has 0 bridgehead atoms. The van der Waals surface area contributed by atoms with E-state index in [0.29, 0.717) is 35.2 Å². The minimum Gasteiger partial charge on any atom is -0.389 e. The first kappa shape index (κ1) is 18.4. The normalized spacial score (nSPS) is 16.0. The van der Waals surface area contributed by atoms with Crippen molar-refractivity contribution in [2.75, 3.05) is 13.7 Å². The van der Waals surface area contributed by atoms with Crippen LogP contribution >= 0.6 is 23.2 Å². The van der Waals surface area contributed by atoms with Gasteiger partial charge < -0.3 is 9.84 Å². The van der Waals surface area contributed by atoms with Gasteiger partial charge >= 0.3 is 0 Å². The molecule has 2 aromatic rings. The summed E-state index contributed by atoms with van der Waals surface area (Å²) in [6.45, 7) is -0.309. The molecule has 4 nitrogen and oxygen atoms in total. The highest BCUT2D eigenvalue weighted by molar-refractivity contribution is 6.35. The molecule has 0 saturated carbocycles. The van der Waals surface area contributed by atoms with Crippen LogP contribution in [0.25, 0.3) is 5.57 Å². The topological polar surface area (TPSA) is 47.3 Å². The van der Waals surface area contributed by atoms with Gasteiger partial charge in [0.25, 0.3) is 0 Å². The van der Waals surface area contributed by atoms with Crippen molar-refractivity contribution in [2.45, 2.75) is 32.4 Å². The minimum absolute atomic E-state index is 0.296. The van der Waals surface area contributed by atoms with Crippen LogP contribution in [0.4, 0.5) is 4.39 Å². The van der Waals surface area contributed by atoms with Crippen LogP contribution in [-0.4, -0.2) is 28.6 Å². The van der Waals surface area contributed by atoms with Crippen molar-refractivity contribution in [1.29, 1.82) is 0 Å². The Morgan fingerprint density at radius 3 is 2.84 bits per heavy atom. The van der Waals surface area contributed by atoms with Gasteiger partial charge in [0, 0.05) is 34.8 Å². The number of aromatic nitrogens is 2. The van der Waals surface area contributed by atoms with Gasteiger partial charge in [-0.1, -0.05) is 29.3 Å². The van der Waals surface area contributed by atoms with Crippen molar-refractivity contribution in [3.05, 3.63) is 56.6 Å². The summed E-state index contributed by atoms with van der Waals surface area (Å²) in [5, 5.41) is 15.0. The molecule has 0 fully saturated rings. The smallest absolute Gasteiger partial charge is 0.139 e. The molecule has 3 rings (SSSR count). The van der Waals surface area contributed by atoms with Crippen molar-refractivity contribution in [3.8, 4) is 0 Å². The van der Waals surface area contributed by atoms with Gasteiger partial charge in [0.05, 0.1) is 12.3 Å². The second-order valence-corrected chi connectivity index (χ2v) is 6.84. The van der Waals surface area contributed by atoms with Gasteiger partial charge in [0.15, 0.2) is 0 Å². The van der Waals surface area contributed by atoms with Crippen LogP contribution in [0.1, 0.15) is 35.4 Å². The van der Waals surface area contributed by atoms with E-state index in [4.69, 9.17) is 27.9 Å². The lowest BCUT2D eigenvalue weighted by Gasteiger charge is -2.18. The first-order valence-electron chi connectivity index (χ1n) is 8.05. The maximum Gasteiger partial charge on any atom is 0.139 e. The first-order chi connectivity index (χ1) is 12.0. The average molecular weight is 385 g/mol. The molecule has 1 aliphatic rings. The van der Waals surface area contributed by atoms with Gasteiger partial charge in [0.1, 0.15) is 12.6 Å². The fraction of sp³-hybridized carbons (Fsp3) is 0.389. The molecule has 1 aromatic heterocycles. The number of nitrogens with zero attached hydrogens (tertiary/aromatic N) is 2. The lowest BCUT2D eigenvalue weighted by atomic mass is 9.88. The Bertz CT molecular complexity index is 818. The number of aliphatic hydroxyl groups excluding tert-OH is 1. The van der Waals surface area contributed by atoms with Crippen LogP contribution in [-0.2, 0) is 24.3 Å². The summed E-state index contributed by atoms with van der Waals surface area (Å²) in [4.78, 5) is 0. The maximum atomic E-state index is 14.3. The molecule has 0 aliphatic heterocycles. The Kier molecular flexibility index (Phi) is 5.79. The van der Waals surface area contributed by atoms with Crippen LogP contribution in [0.5, 0.6) is 0 Å². The summed E-state index contributed by atoms with van der Waals surface area (Å²) in [6, 6.07) is 5.30. The summed E-state index contributed by atoms with van der Waals surface area (Å²) in [5.41, 5.74) is 3.85. The fourth-order valence-corrected chi connectivity index (χ4v) is 3.75. The molecule has 0 amide bonds. The van der Waals surface area contributed by atoms with Crippen molar-refractivity contribution >= 4 is 28.8 Å². The number of benzene rings is 1. The number of methoxy groups -OCH3 is 1. The van der Waals surface area contributed by atoms with E-state index < -0.39 is 12.4 Å². The lowest BCUT2D eigenvalue weighted by Crippen LogP contribution is -2.11. The number of hydrogen-bond donors (Lipinski definition) is 1. The van der Waals surface area contributed by atoms with E-state index in [9.17, 15) is 9.50 Å². The molecular weight excluding hydrogens is 366 g/mol. The van der Waals surface area contributed by atoms with Gasteiger partial charge in [-0.05, 0) is 42.5 Å². The highest BCUT2D eigenvalue weighted by Gasteiger charge is 2.27. The zero-order valence-corrected chi connectivity index (χ0v) is 15.4. The average Bonchev–Trinajstić information content (AvgIpc) is 2.95. The number of ether oxygens (including phenoxy) is 1. The predicted octanol–water partition coefficient (Wildman–Crippen LogP) is 4.39. The molecule has 1 aliphatic carbocycles. The molecule has 25 heavy (non-hydrogen) atoms. The summed E-state index contributed by atoms with van der Waals surface area (Å²) in [6.07, 6.45) is 2.64.